The van der Waals surface area contributed by atoms with Gasteiger partial charge in [0.2, 0.25) is 0 Å². The molecule has 1 aliphatic rings. The zero-order valence-electron chi connectivity index (χ0n) is 12.2. The highest BCUT2D eigenvalue weighted by Crippen LogP contribution is 2.33. The zero-order valence-corrected chi connectivity index (χ0v) is 12.2. The predicted molar refractivity (Wildman–Crippen MR) is 73.4 cm³/mol. The zero-order chi connectivity index (χ0) is 13.6. The fourth-order valence-corrected chi connectivity index (χ4v) is 2.88. The molecule has 1 fully saturated rings. The largest absolute Gasteiger partial charge is 0.383 e. The summed E-state index contributed by atoms with van der Waals surface area (Å²) in [6, 6.07) is 3.51. The summed E-state index contributed by atoms with van der Waals surface area (Å²) in [7, 11) is 3.64. The van der Waals surface area contributed by atoms with E-state index in [4.69, 9.17) is 4.74 Å². The van der Waals surface area contributed by atoms with Gasteiger partial charge in [0.25, 0.3) is 0 Å². The van der Waals surface area contributed by atoms with E-state index >= 15 is 0 Å². The topological polar surface area (TPSA) is 48.3 Å². The molecule has 4 nitrogen and oxygen atoms in total. The highest BCUT2D eigenvalue weighted by Gasteiger charge is 2.41. The third kappa shape index (κ3) is 3.44. The smallest absolute Gasteiger partial charge is 0.108 e. The molecule has 1 rings (SSSR count). The van der Waals surface area contributed by atoms with Gasteiger partial charge in [-0.3, -0.25) is 4.90 Å². The molecule has 3 unspecified atom stereocenters. The minimum atomic E-state index is -0.316. The van der Waals surface area contributed by atoms with Crippen molar-refractivity contribution in [1.29, 1.82) is 5.26 Å². The fraction of sp³-hybridized carbons (Fsp3) is 0.929. The van der Waals surface area contributed by atoms with E-state index in [9.17, 15) is 5.26 Å². The highest BCUT2D eigenvalue weighted by atomic mass is 16.5. The Balaban J connectivity index is 2.68. The number of rotatable bonds is 7. The molecule has 0 aromatic rings. The Hall–Kier alpha value is -0.630. The molecule has 0 aliphatic heterocycles. The van der Waals surface area contributed by atoms with E-state index in [1.807, 2.05) is 7.05 Å². The van der Waals surface area contributed by atoms with Crippen LogP contribution in [0.1, 0.15) is 39.5 Å². The van der Waals surface area contributed by atoms with Crippen LogP contribution in [-0.4, -0.2) is 49.8 Å². The summed E-state index contributed by atoms with van der Waals surface area (Å²) >= 11 is 0. The van der Waals surface area contributed by atoms with Crippen LogP contribution >= 0.6 is 0 Å². The molecule has 0 bridgehead atoms. The second-order valence-corrected chi connectivity index (χ2v) is 5.33. The average molecular weight is 253 g/mol. The van der Waals surface area contributed by atoms with E-state index in [1.54, 1.807) is 7.11 Å². The van der Waals surface area contributed by atoms with E-state index in [-0.39, 0.29) is 5.54 Å². The van der Waals surface area contributed by atoms with Crippen LogP contribution in [0.3, 0.4) is 0 Å². The number of hydrogen-bond acceptors (Lipinski definition) is 4. The van der Waals surface area contributed by atoms with Gasteiger partial charge in [-0.2, -0.15) is 5.26 Å². The molecule has 1 N–H and O–H groups in total. The van der Waals surface area contributed by atoms with E-state index in [1.165, 1.54) is 0 Å². The summed E-state index contributed by atoms with van der Waals surface area (Å²) in [6.45, 7) is 6.21. The van der Waals surface area contributed by atoms with Gasteiger partial charge >= 0.3 is 0 Å². The maximum absolute atomic E-state index is 9.33. The van der Waals surface area contributed by atoms with Crippen molar-refractivity contribution in [2.45, 2.75) is 57.2 Å². The molecule has 0 saturated heterocycles. The lowest BCUT2D eigenvalue weighted by Gasteiger charge is -2.34. The summed E-state index contributed by atoms with van der Waals surface area (Å²) in [5.41, 5.74) is -0.316. The van der Waals surface area contributed by atoms with E-state index in [2.05, 4.69) is 30.1 Å². The summed E-state index contributed by atoms with van der Waals surface area (Å²) < 4.78 is 5.21. The van der Waals surface area contributed by atoms with Gasteiger partial charge in [0.15, 0.2) is 0 Å². The Morgan fingerprint density at radius 3 is 2.78 bits per heavy atom. The molecular weight excluding hydrogens is 226 g/mol. The monoisotopic (exact) mass is 253 g/mol. The van der Waals surface area contributed by atoms with Crippen LogP contribution in [0.4, 0.5) is 0 Å². The second kappa shape index (κ2) is 7.08. The third-order valence-corrected chi connectivity index (χ3v) is 4.36. The van der Waals surface area contributed by atoms with Crippen LogP contribution in [0.15, 0.2) is 0 Å². The number of hydrogen-bond donors (Lipinski definition) is 1. The molecule has 18 heavy (non-hydrogen) atoms. The van der Waals surface area contributed by atoms with E-state index < -0.39 is 0 Å². The third-order valence-electron chi connectivity index (χ3n) is 4.36. The first-order chi connectivity index (χ1) is 8.62. The van der Waals surface area contributed by atoms with Crippen molar-refractivity contribution in [1.82, 2.24) is 10.2 Å². The van der Waals surface area contributed by atoms with Gasteiger partial charge in [0.1, 0.15) is 5.54 Å². The van der Waals surface area contributed by atoms with Crippen LogP contribution in [0, 0.1) is 11.3 Å². The Bertz CT molecular complexity index is 289. The fourth-order valence-electron chi connectivity index (χ4n) is 2.88. The van der Waals surface area contributed by atoms with Crippen molar-refractivity contribution in [2.24, 2.45) is 0 Å². The standard InChI is InChI=1S/C14H27N3O/c1-5-12(2)17(8-9-18-4)13-6-7-14(10-13,11-15)16-3/h12-13,16H,5-10H2,1-4H3. The minimum Gasteiger partial charge on any atom is -0.383 e. The molecule has 0 aromatic carbocycles. The molecule has 4 heteroatoms. The molecule has 0 radical (unpaired) electrons. The molecular formula is C14H27N3O. The van der Waals surface area contributed by atoms with Crippen molar-refractivity contribution in [3.05, 3.63) is 0 Å². The highest BCUT2D eigenvalue weighted by molar-refractivity contribution is 5.13. The van der Waals surface area contributed by atoms with Crippen LogP contribution in [0.25, 0.3) is 0 Å². The first-order valence-corrected chi connectivity index (χ1v) is 6.97. The average Bonchev–Trinajstić information content (AvgIpc) is 2.84. The molecule has 0 amide bonds. The molecule has 0 spiro atoms. The molecule has 1 saturated carbocycles. The van der Waals surface area contributed by atoms with Gasteiger partial charge in [0.05, 0.1) is 12.7 Å². The van der Waals surface area contributed by atoms with Gasteiger partial charge < -0.3 is 10.1 Å². The van der Waals surface area contributed by atoms with Crippen LogP contribution in [0.2, 0.25) is 0 Å². The maximum atomic E-state index is 9.33. The quantitative estimate of drug-likeness (QED) is 0.751. The molecule has 0 heterocycles. The van der Waals surface area contributed by atoms with Crippen LogP contribution in [-0.2, 0) is 4.74 Å². The first kappa shape index (κ1) is 15.4. The minimum absolute atomic E-state index is 0.316. The summed E-state index contributed by atoms with van der Waals surface area (Å²) in [4.78, 5) is 2.51. The Kier molecular flexibility index (Phi) is 6.07. The van der Waals surface area contributed by atoms with Crippen molar-refractivity contribution < 1.29 is 4.74 Å². The summed E-state index contributed by atoms with van der Waals surface area (Å²) in [5.74, 6) is 0. The molecule has 0 aromatic heterocycles. The lowest BCUT2D eigenvalue weighted by molar-refractivity contribution is 0.0877. The maximum Gasteiger partial charge on any atom is 0.108 e. The van der Waals surface area contributed by atoms with Gasteiger partial charge in [-0.25, -0.2) is 0 Å². The van der Waals surface area contributed by atoms with E-state index in [0.717, 1.165) is 38.8 Å². The Morgan fingerprint density at radius 2 is 2.33 bits per heavy atom. The number of nitrogens with one attached hydrogen (secondary N) is 1. The Labute approximate surface area is 111 Å². The van der Waals surface area contributed by atoms with Crippen molar-refractivity contribution >= 4 is 0 Å². The number of methoxy groups -OCH3 is 1. The summed E-state index contributed by atoms with van der Waals surface area (Å²) in [5, 5.41) is 12.5. The Morgan fingerprint density at radius 1 is 1.61 bits per heavy atom. The van der Waals surface area contributed by atoms with Crippen molar-refractivity contribution in [2.75, 3.05) is 27.3 Å². The second-order valence-electron chi connectivity index (χ2n) is 5.33. The summed E-state index contributed by atoms with van der Waals surface area (Å²) in [6.07, 6.45) is 4.11. The number of ether oxygens (including phenoxy) is 1. The van der Waals surface area contributed by atoms with Gasteiger partial charge in [-0.05, 0) is 39.7 Å². The lowest BCUT2D eigenvalue weighted by Crippen LogP contribution is -2.45. The predicted octanol–water partition coefficient (Wildman–Crippen LogP) is 1.77. The molecule has 1 aliphatic carbocycles. The van der Waals surface area contributed by atoms with Gasteiger partial charge in [-0.15, -0.1) is 0 Å². The molecule has 3 atom stereocenters. The van der Waals surface area contributed by atoms with Gasteiger partial charge in [0, 0.05) is 25.7 Å². The lowest BCUT2D eigenvalue weighted by atomic mass is 9.99. The van der Waals surface area contributed by atoms with Gasteiger partial charge in [-0.1, -0.05) is 6.92 Å². The van der Waals surface area contributed by atoms with E-state index in [0.29, 0.717) is 12.1 Å². The molecule has 104 valence electrons. The van der Waals surface area contributed by atoms with Crippen molar-refractivity contribution in [3.63, 3.8) is 0 Å². The van der Waals surface area contributed by atoms with Crippen molar-refractivity contribution in [3.8, 4) is 6.07 Å². The SMILES string of the molecule is CCC(C)N(CCOC)C1CCC(C#N)(NC)C1. The van der Waals surface area contributed by atoms with Crippen LogP contribution in [0.5, 0.6) is 0 Å². The normalized spacial score (nSPS) is 29.4. The van der Waals surface area contributed by atoms with Crippen LogP contribution < -0.4 is 5.32 Å². The number of nitrogens with zero attached hydrogens (tertiary/aromatic N) is 2. The number of nitriles is 1. The first-order valence-electron chi connectivity index (χ1n) is 6.97.